The zero-order valence-corrected chi connectivity index (χ0v) is 37.6. The third-order valence-electron chi connectivity index (χ3n) is 13.4. The number of halogens is 1. The van der Waals surface area contributed by atoms with E-state index in [0.29, 0.717) is 28.5 Å². The average Bonchev–Trinajstić information content (AvgIpc) is 3.95. The van der Waals surface area contributed by atoms with E-state index in [4.69, 9.17) is 15.0 Å². The molecule has 0 saturated heterocycles. The van der Waals surface area contributed by atoms with Gasteiger partial charge in [-0.25, -0.2) is 9.37 Å². The second-order valence-corrected chi connectivity index (χ2v) is 17.4. The van der Waals surface area contributed by atoms with Crippen molar-refractivity contribution in [2.45, 2.75) is 0 Å². The van der Waals surface area contributed by atoms with E-state index >= 15 is 4.39 Å². The Kier molecular flexibility index (Phi) is 9.73. The molecule has 0 radical (unpaired) electrons. The minimum absolute atomic E-state index is 0.0606. The fourth-order valence-corrected chi connectivity index (χ4v) is 10.2. The van der Waals surface area contributed by atoms with Crippen molar-refractivity contribution in [2.24, 2.45) is 0 Å². The highest BCUT2D eigenvalue weighted by atomic mass is 19.1. The summed E-state index contributed by atoms with van der Waals surface area (Å²) in [7, 11) is 0. The van der Waals surface area contributed by atoms with Crippen molar-refractivity contribution in [2.75, 3.05) is 0 Å². The van der Waals surface area contributed by atoms with Gasteiger partial charge in [0.2, 0.25) is 5.95 Å². The molecule has 13 aromatic rings. The molecule has 0 aliphatic heterocycles. The molecule has 0 aliphatic rings. The van der Waals surface area contributed by atoms with Gasteiger partial charge in [0.25, 0.3) is 0 Å². The summed E-state index contributed by atoms with van der Waals surface area (Å²) in [5.41, 5.74) is 12.6. The molecule has 3 heterocycles. The van der Waals surface area contributed by atoms with Crippen LogP contribution in [0.4, 0.5) is 4.39 Å². The molecule has 0 amide bonds. The predicted octanol–water partition coefficient (Wildman–Crippen LogP) is 15.9. The van der Waals surface area contributed by atoms with Crippen LogP contribution in [0.3, 0.4) is 0 Å². The first-order valence-corrected chi connectivity index (χ1v) is 23.3. The van der Waals surface area contributed by atoms with Crippen LogP contribution in [-0.4, -0.2) is 29.2 Å². The summed E-state index contributed by atoms with van der Waals surface area (Å²) >= 11 is 0. The Morgan fingerprint density at radius 3 is 1.56 bits per heavy atom. The number of nitrogens with zero attached hydrogens (tertiary/aromatic N) is 5. The largest absolute Gasteiger partial charge is 0.507 e. The highest BCUT2D eigenvalue weighted by Gasteiger charge is 2.26. The molecule has 10 aromatic carbocycles. The Bertz CT molecular complexity index is 4110. The van der Waals surface area contributed by atoms with Crippen LogP contribution in [0, 0.1) is 5.82 Å². The van der Waals surface area contributed by atoms with Crippen molar-refractivity contribution in [3.8, 4) is 84.7 Å². The van der Waals surface area contributed by atoms with E-state index in [-0.39, 0.29) is 17.1 Å². The SMILES string of the molecule is Oc1cccc(-c2ccccc2)c1-c1c(F)cccc1-c1nc(-c2ccc(-c3ccccc3)cc2)nc(-n2c3ccccc3c3ccc4c(c5ccccc5n4-c4ccc(-c5ccccc5)cc4)c32)n1. The number of hydrogen-bond donors (Lipinski definition) is 1. The summed E-state index contributed by atoms with van der Waals surface area (Å²) in [5, 5.41) is 15.9. The molecule has 1 N–H and O–H groups in total. The van der Waals surface area contributed by atoms with Gasteiger partial charge in [-0.05, 0) is 75.8 Å². The molecule has 0 spiro atoms. The first-order chi connectivity index (χ1) is 34.6. The molecule has 3 aromatic heterocycles. The lowest BCUT2D eigenvalue weighted by Crippen LogP contribution is -2.07. The molecule has 0 aliphatic carbocycles. The quantitative estimate of drug-likeness (QED) is 0.165. The van der Waals surface area contributed by atoms with Gasteiger partial charge < -0.3 is 9.67 Å². The van der Waals surface area contributed by atoms with Crippen molar-refractivity contribution >= 4 is 43.6 Å². The minimum atomic E-state index is -0.518. The molecule has 13 rings (SSSR count). The number of aromatic hydroxyl groups is 1. The normalized spacial score (nSPS) is 11.6. The summed E-state index contributed by atoms with van der Waals surface area (Å²) in [6.45, 7) is 0. The van der Waals surface area contributed by atoms with Crippen molar-refractivity contribution < 1.29 is 9.50 Å². The molecule has 0 saturated carbocycles. The molecule has 0 fully saturated rings. The smallest absolute Gasteiger partial charge is 0.238 e. The number of hydrogen-bond acceptors (Lipinski definition) is 4. The van der Waals surface area contributed by atoms with Crippen molar-refractivity contribution in [3.05, 3.63) is 242 Å². The Morgan fingerprint density at radius 1 is 0.343 bits per heavy atom. The maximum Gasteiger partial charge on any atom is 0.238 e. The summed E-state index contributed by atoms with van der Waals surface area (Å²) < 4.78 is 21.4. The first-order valence-electron chi connectivity index (χ1n) is 23.3. The van der Waals surface area contributed by atoms with Gasteiger partial charge in [-0.2, -0.15) is 9.97 Å². The number of phenolic OH excluding ortho intramolecular Hbond substituents is 1. The zero-order valence-electron chi connectivity index (χ0n) is 37.6. The number of phenols is 1. The molecule has 0 atom stereocenters. The van der Waals surface area contributed by atoms with Gasteiger partial charge in [-0.15, -0.1) is 0 Å². The van der Waals surface area contributed by atoms with Crippen LogP contribution >= 0.6 is 0 Å². The van der Waals surface area contributed by atoms with Gasteiger partial charge in [0, 0.05) is 49.5 Å². The zero-order chi connectivity index (χ0) is 46.7. The van der Waals surface area contributed by atoms with Crippen LogP contribution in [0.2, 0.25) is 0 Å². The van der Waals surface area contributed by atoms with Crippen LogP contribution in [0.15, 0.2) is 237 Å². The number of para-hydroxylation sites is 2. The van der Waals surface area contributed by atoms with E-state index in [0.717, 1.165) is 82.7 Å². The number of aromatic nitrogens is 5. The summed E-state index contributed by atoms with van der Waals surface area (Å²) in [4.78, 5) is 15.9. The molecule has 330 valence electrons. The predicted molar refractivity (Wildman–Crippen MR) is 283 cm³/mol. The van der Waals surface area contributed by atoms with Gasteiger partial charge in [0.1, 0.15) is 11.6 Å². The van der Waals surface area contributed by atoms with E-state index in [1.165, 1.54) is 6.07 Å². The number of fused-ring (bicyclic) bond motifs is 7. The molecule has 0 unspecified atom stereocenters. The second-order valence-electron chi connectivity index (χ2n) is 17.4. The van der Waals surface area contributed by atoms with Crippen molar-refractivity contribution in [1.82, 2.24) is 24.1 Å². The van der Waals surface area contributed by atoms with Crippen molar-refractivity contribution in [3.63, 3.8) is 0 Å². The van der Waals surface area contributed by atoms with Gasteiger partial charge in [0.05, 0.1) is 22.1 Å². The molecule has 70 heavy (non-hydrogen) atoms. The summed E-state index contributed by atoms with van der Waals surface area (Å²) in [5.74, 6) is 0.452. The highest BCUT2D eigenvalue weighted by Crippen LogP contribution is 2.46. The van der Waals surface area contributed by atoms with Crippen molar-refractivity contribution in [1.29, 1.82) is 0 Å². The summed E-state index contributed by atoms with van der Waals surface area (Å²) in [6.07, 6.45) is 0. The molecule has 0 bridgehead atoms. The molecular formula is C63H40FN5O. The Labute approximate surface area is 402 Å². The van der Waals surface area contributed by atoms with E-state index in [2.05, 4.69) is 137 Å². The lowest BCUT2D eigenvalue weighted by Gasteiger charge is -2.17. The second kappa shape index (κ2) is 16.7. The Hall–Kier alpha value is -9.46. The standard InChI is InChI=1S/C63H40FN5O/c64-52-26-14-25-51(57(52)59-47(24-15-29-56(59)70)44-20-8-3-9-21-44)62-65-61(45-32-30-42(31-33-45)40-16-4-1-5-17-40)66-63(67-62)69-53-27-12-10-22-48(53)49-38-39-55-58(60(49)69)50-23-11-13-28-54(50)68(55)46-36-34-43(35-37-46)41-18-6-2-7-19-41/h1-39,70H. The van der Waals surface area contributed by atoms with E-state index in [1.807, 2.05) is 84.9 Å². The minimum Gasteiger partial charge on any atom is -0.507 e. The average molecular weight is 902 g/mol. The number of rotatable bonds is 8. The van der Waals surface area contributed by atoms with Crippen LogP contribution in [0.1, 0.15) is 0 Å². The van der Waals surface area contributed by atoms with Gasteiger partial charge in [0.15, 0.2) is 11.6 Å². The lowest BCUT2D eigenvalue weighted by molar-refractivity contribution is 0.477. The molecular weight excluding hydrogens is 862 g/mol. The lowest BCUT2D eigenvalue weighted by atomic mass is 9.90. The molecule has 6 nitrogen and oxygen atoms in total. The molecule has 7 heteroatoms. The highest BCUT2D eigenvalue weighted by molar-refractivity contribution is 6.26. The topological polar surface area (TPSA) is 68.8 Å². The fourth-order valence-electron chi connectivity index (χ4n) is 10.2. The maximum atomic E-state index is 16.9. The Morgan fingerprint density at radius 2 is 0.871 bits per heavy atom. The number of benzene rings is 10. The first kappa shape index (κ1) is 40.8. The monoisotopic (exact) mass is 901 g/mol. The van der Waals surface area contributed by atoms with E-state index in [9.17, 15) is 5.11 Å². The van der Waals surface area contributed by atoms with Crippen LogP contribution in [0.25, 0.3) is 123 Å². The fraction of sp³-hybridized carbons (Fsp3) is 0. The Balaban J connectivity index is 1.09. The van der Waals surface area contributed by atoms with Crippen LogP contribution in [0.5, 0.6) is 5.75 Å². The van der Waals surface area contributed by atoms with E-state index in [1.54, 1.807) is 18.2 Å². The van der Waals surface area contributed by atoms with Gasteiger partial charge in [-0.1, -0.05) is 194 Å². The third kappa shape index (κ3) is 6.74. The van der Waals surface area contributed by atoms with Crippen LogP contribution in [-0.2, 0) is 0 Å². The summed E-state index contributed by atoms with van der Waals surface area (Å²) in [6, 6.07) is 78.7. The van der Waals surface area contributed by atoms with Gasteiger partial charge in [-0.3, -0.25) is 4.57 Å². The van der Waals surface area contributed by atoms with E-state index < -0.39 is 5.82 Å². The maximum absolute atomic E-state index is 16.9. The van der Waals surface area contributed by atoms with Crippen LogP contribution < -0.4 is 0 Å². The third-order valence-corrected chi connectivity index (χ3v) is 13.4. The van der Waals surface area contributed by atoms with Gasteiger partial charge >= 0.3 is 0 Å².